The topological polar surface area (TPSA) is 16.4 Å². The van der Waals surface area contributed by atoms with Crippen molar-refractivity contribution in [3.63, 3.8) is 0 Å². The molecule has 0 saturated heterocycles. The van der Waals surface area contributed by atoms with Crippen LogP contribution in [-0.2, 0) is 5.41 Å². The van der Waals surface area contributed by atoms with Gasteiger partial charge in [0.2, 0.25) is 0 Å². The molecule has 10 aromatic carbocycles. The highest BCUT2D eigenvalue weighted by molar-refractivity contribution is 6.13. The molecule has 0 aliphatic heterocycles. The Morgan fingerprint density at radius 1 is 0.407 bits per heavy atom. The number of hydrogen-bond donors (Lipinski definition) is 0. The minimum absolute atomic E-state index is 0.267. The van der Waals surface area contributed by atoms with E-state index in [1.807, 2.05) is 6.07 Å². The Labute approximate surface area is 343 Å². The number of anilines is 3. The summed E-state index contributed by atoms with van der Waals surface area (Å²) in [5.41, 5.74) is 14.9. The van der Waals surface area contributed by atoms with E-state index in [9.17, 15) is 0 Å². The van der Waals surface area contributed by atoms with Crippen molar-refractivity contribution >= 4 is 71.3 Å². The summed E-state index contributed by atoms with van der Waals surface area (Å²) in [4.78, 5) is 2.53. The third kappa shape index (κ3) is 5.06. The molecular formula is C57H39NO. The molecule has 0 spiro atoms. The molecule has 0 fully saturated rings. The molecule has 1 aliphatic rings. The lowest BCUT2D eigenvalue weighted by molar-refractivity contribution is 0.661. The second-order valence-electron chi connectivity index (χ2n) is 16.4. The lowest BCUT2D eigenvalue weighted by atomic mass is 9.80. The van der Waals surface area contributed by atoms with Gasteiger partial charge in [0.1, 0.15) is 11.2 Å². The van der Waals surface area contributed by atoms with Gasteiger partial charge in [0, 0.05) is 33.0 Å². The molecule has 11 aromatic rings. The number of benzene rings is 10. The summed E-state index contributed by atoms with van der Waals surface area (Å²) in [6.45, 7) is 4.80. The van der Waals surface area contributed by atoms with E-state index in [1.165, 1.54) is 71.4 Å². The van der Waals surface area contributed by atoms with Crippen LogP contribution in [0, 0.1) is 0 Å². The molecule has 1 heterocycles. The van der Waals surface area contributed by atoms with E-state index in [0.29, 0.717) is 0 Å². The highest BCUT2D eigenvalue weighted by Crippen LogP contribution is 2.56. The van der Waals surface area contributed by atoms with Crippen LogP contribution in [-0.4, -0.2) is 0 Å². The van der Waals surface area contributed by atoms with E-state index in [1.54, 1.807) is 0 Å². The lowest BCUT2D eigenvalue weighted by Crippen LogP contribution is -2.21. The molecule has 59 heavy (non-hydrogen) atoms. The average molecular weight is 754 g/mol. The van der Waals surface area contributed by atoms with Gasteiger partial charge in [0.15, 0.2) is 0 Å². The zero-order valence-electron chi connectivity index (χ0n) is 32.9. The first-order valence-corrected chi connectivity index (χ1v) is 20.5. The molecule has 0 amide bonds. The van der Waals surface area contributed by atoms with Crippen LogP contribution < -0.4 is 4.90 Å². The van der Waals surface area contributed by atoms with Gasteiger partial charge in [-0.05, 0) is 108 Å². The van der Waals surface area contributed by atoms with Gasteiger partial charge >= 0.3 is 0 Å². The summed E-state index contributed by atoms with van der Waals surface area (Å²) in [6.07, 6.45) is 0. The molecule has 0 saturated carbocycles. The van der Waals surface area contributed by atoms with Gasteiger partial charge in [-0.1, -0.05) is 172 Å². The minimum Gasteiger partial charge on any atom is -0.455 e. The summed E-state index contributed by atoms with van der Waals surface area (Å²) in [7, 11) is 0. The van der Waals surface area contributed by atoms with Crippen molar-refractivity contribution in [2.24, 2.45) is 0 Å². The Bertz CT molecular complexity index is 3470. The van der Waals surface area contributed by atoms with Gasteiger partial charge < -0.3 is 9.32 Å². The second-order valence-corrected chi connectivity index (χ2v) is 16.4. The third-order valence-electron chi connectivity index (χ3n) is 12.8. The van der Waals surface area contributed by atoms with Gasteiger partial charge in [0.25, 0.3) is 0 Å². The molecule has 0 unspecified atom stereocenters. The largest absolute Gasteiger partial charge is 0.455 e. The average Bonchev–Trinajstić information content (AvgIpc) is 3.77. The zero-order chi connectivity index (χ0) is 39.2. The van der Waals surface area contributed by atoms with Crippen molar-refractivity contribution in [1.29, 1.82) is 0 Å². The van der Waals surface area contributed by atoms with Crippen molar-refractivity contribution in [3.8, 4) is 33.4 Å². The summed E-state index contributed by atoms with van der Waals surface area (Å²) in [6, 6.07) is 73.3. The molecule has 0 bridgehead atoms. The first-order valence-electron chi connectivity index (χ1n) is 20.5. The maximum atomic E-state index is 6.52. The van der Waals surface area contributed by atoms with Gasteiger partial charge in [-0.15, -0.1) is 0 Å². The van der Waals surface area contributed by atoms with Crippen molar-refractivity contribution in [2.75, 3.05) is 4.90 Å². The van der Waals surface area contributed by atoms with Crippen LogP contribution in [0.3, 0.4) is 0 Å². The van der Waals surface area contributed by atoms with E-state index in [2.05, 4.69) is 213 Å². The van der Waals surface area contributed by atoms with Gasteiger partial charge in [-0.2, -0.15) is 0 Å². The number of hydrogen-bond acceptors (Lipinski definition) is 2. The number of furan rings is 1. The van der Waals surface area contributed by atoms with Crippen LogP contribution in [0.2, 0.25) is 0 Å². The van der Waals surface area contributed by atoms with E-state index in [0.717, 1.165) is 44.4 Å². The number of rotatable bonds is 5. The maximum Gasteiger partial charge on any atom is 0.143 e. The lowest BCUT2D eigenvalue weighted by Gasteiger charge is -2.34. The van der Waals surface area contributed by atoms with E-state index >= 15 is 0 Å². The predicted octanol–water partition coefficient (Wildman–Crippen LogP) is 16.2. The smallest absolute Gasteiger partial charge is 0.143 e. The molecular weight excluding hydrogens is 715 g/mol. The first kappa shape index (κ1) is 33.7. The van der Waals surface area contributed by atoms with Crippen LogP contribution in [0.5, 0.6) is 0 Å². The summed E-state index contributed by atoms with van der Waals surface area (Å²) in [5.74, 6) is 0. The Balaban J connectivity index is 1.13. The molecule has 2 heteroatoms. The minimum atomic E-state index is -0.267. The van der Waals surface area contributed by atoms with Crippen molar-refractivity contribution in [1.82, 2.24) is 0 Å². The predicted molar refractivity (Wildman–Crippen MR) is 249 cm³/mol. The fourth-order valence-corrected chi connectivity index (χ4v) is 10.1. The van der Waals surface area contributed by atoms with Crippen molar-refractivity contribution < 1.29 is 4.42 Å². The number of fused-ring (bicyclic) bond motifs is 9. The molecule has 0 atom stereocenters. The van der Waals surface area contributed by atoms with Crippen LogP contribution in [0.25, 0.3) is 87.6 Å². The fourth-order valence-electron chi connectivity index (χ4n) is 10.1. The molecule has 278 valence electrons. The van der Waals surface area contributed by atoms with Gasteiger partial charge in [-0.3, -0.25) is 0 Å². The van der Waals surface area contributed by atoms with E-state index in [-0.39, 0.29) is 5.41 Å². The Hall–Kier alpha value is -7.42. The van der Waals surface area contributed by atoms with Crippen molar-refractivity contribution in [3.05, 3.63) is 211 Å². The highest BCUT2D eigenvalue weighted by atomic mass is 16.3. The molecule has 0 N–H and O–H groups in total. The van der Waals surface area contributed by atoms with E-state index < -0.39 is 0 Å². The van der Waals surface area contributed by atoms with E-state index in [4.69, 9.17) is 4.42 Å². The highest BCUT2D eigenvalue weighted by Gasteiger charge is 2.39. The Morgan fingerprint density at radius 2 is 1.00 bits per heavy atom. The van der Waals surface area contributed by atoms with Gasteiger partial charge in [-0.25, -0.2) is 0 Å². The quantitative estimate of drug-likeness (QED) is 0.174. The SMILES string of the molecule is CC1(C)c2cc3ccccc3cc2-c2cccc(N(c3ccc(-c4cccc5c4oc4ccccc45)cc3)c3ccc4ccccc4c3-c3cccc4ccccc34)c21. The third-order valence-corrected chi connectivity index (χ3v) is 12.8. The monoisotopic (exact) mass is 753 g/mol. The van der Waals surface area contributed by atoms with Gasteiger partial charge in [0.05, 0.1) is 11.4 Å². The summed E-state index contributed by atoms with van der Waals surface area (Å²) < 4.78 is 6.52. The molecule has 1 aromatic heterocycles. The zero-order valence-corrected chi connectivity index (χ0v) is 32.9. The van der Waals surface area contributed by atoms with Crippen molar-refractivity contribution in [2.45, 2.75) is 19.3 Å². The Kier molecular flexibility index (Phi) is 7.31. The molecule has 2 nitrogen and oxygen atoms in total. The number of para-hydroxylation sites is 2. The molecule has 12 rings (SSSR count). The number of nitrogens with zero attached hydrogens (tertiary/aromatic N) is 1. The summed E-state index contributed by atoms with van der Waals surface area (Å²) in [5, 5.41) is 9.71. The van der Waals surface area contributed by atoms with Crippen LogP contribution in [0.1, 0.15) is 25.0 Å². The normalized spacial score (nSPS) is 13.1. The molecule has 0 radical (unpaired) electrons. The maximum absolute atomic E-state index is 6.52. The van der Waals surface area contributed by atoms with Crippen LogP contribution >= 0.6 is 0 Å². The van der Waals surface area contributed by atoms with Crippen LogP contribution in [0.15, 0.2) is 205 Å². The molecule has 1 aliphatic carbocycles. The fraction of sp³-hybridized carbons (Fsp3) is 0.0526. The Morgan fingerprint density at radius 3 is 1.81 bits per heavy atom. The second kappa shape index (κ2) is 12.8. The first-order chi connectivity index (χ1) is 29.0. The summed E-state index contributed by atoms with van der Waals surface area (Å²) >= 11 is 0. The van der Waals surface area contributed by atoms with Crippen LogP contribution in [0.4, 0.5) is 17.1 Å². The standard InChI is InChI=1S/C57H39NO/c1-57(2)50-35-40-17-4-3-16-39(40)34-49(50)47-24-13-26-52(55(47)57)58(41-31-28-38(29-32-41)44-22-12-25-48-45-21-9-10-27-53(45)59-56(44)48)51-33-30-37-15-6-8-20-43(37)54(51)46-23-11-18-36-14-5-7-19-42(36)46/h3-35H,1-2H3.